The fraction of sp³-hybridized carbons (Fsp3) is 0. The van der Waals surface area contributed by atoms with Gasteiger partial charge in [0.05, 0.1) is 18.0 Å². The molecule has 4 nitrogen and oxygen atoms in total. The van der Waals surface area contributed by atoms with E-state index in [4.69, 9.17) is 4.52 Å². The number of rotatable bonds is 1. The second kappa shape index (κ2) is 1.70. The summed E-state index contributed by atoms with van der Waals surface area (Å²) in [7, 11) is 0. The summed E-state index contributed by atoms with van der Waals surface area (Å²) in [6.07, 6.45) is 5.06. The van der Waals surface area contributed by atoms with Gasteiger partial charge in [-0.15, -0.1) is 4.85 Å². The predicted molar refractivity (Wildman–Crippen MR) is 36.1 cm³/mol. The van der Waals surface area contributed by atoms with Crippen LogP contribution in [-0.2, 0) is 0 Å². The smallest absolute Gasteiger partial charge is 0.186 e. The molecule has 0 N–H and O–H groups in total. The zero-order valence-electron chi connectivity index (χ0n) is 5.19. The van der Waals surface area contributed by atoms with Gasteiger partial charge in [0.1, 0.15) is 0 Å². The standard InChI is InChI=1S/C6H5N3O/c1-7-9-4-5-2-8-3-6(5)10-9/h2-4H,1H2. The lowest BCUT2D eigenvalue weighted by Crippen LogP contribution is -1.76. The minimum absolute atomic E-state index is 0.729. The van der Waals surface area contributed by atoms with Gasteiger partial charge in [-0.25, -0.2) is 0 Å². The van der Waals surface area contributed by atoms with Gasteiger partial charge in [-0.1, -0.05) is 0 Å². The Morgan fingerprint density at radius 3 is 3.20 bits per heavy atom. The number of hydrogen-bond acceptors (Lipinski definition) is 3. The first kappa shape index (κ1) is 5.22. The summed E-state index contributed by atoms with van der Waals surface area (Å²) in [5, 5.41) is 3.55. The first-order valence-corrected chi connectivity index (χ1v) is 2.79. The maximum Gasteiger partial charge on any atom is 0.186 e. The van der Waals surface area contributed by atoms with E-state index in [1.54, 1.807) is 18.6 Å². The van der Waals surface area contributed by atoms with Gasteiger partial charge in [-0.2, -0.15) is 5.10 Å². The molecular weight excluding hydrogens is 130 g/mol. The van der Waals surface area contributed by atoms with Gasteiger partial charge in [0.15, 0.2) is 5.76 Å². The molecule has 0 radical (unpaired) electrons. The van der Waals surface area contributed by atoms with E-state index in [2.05, 4.69) is 16.8 Å². The Kier molecular flexibility index (Phi) is 0.887. The van der Waals surface area contributed by atoms with E-state index in [0.29, 0.717) is 0 Å². The molecule has 0 aromatic heterocycles. The fourth-order valence-corrected chi connectivity index (χ4v) is 0.812. The minimum atomic E-state index is 0.729. The van der Waals surface area contributed by atoms with Crippen molar-refractivity contribution in [1.29, 1.82) is 0 Å². The first-order valence-electron chi connectivity index (χ1n) is 2.79. The summed E-state index contributed by atoms with van der Waals surface area (Å²) in [5.41, 5.74) is 0.937. The average molecular weight is 135 g/mol. The third kappa shape index (κ3) is 0.556. The van der Waals surface area contributed by atoms with Crippen molar-refractivity contribution >= 4 is 6.72 Å². The number of hydrogen-bond donors (Lipinski definition) is 0. The summed E-state index contributed by atoms with van der Waals surface area (Å²) in [6, 6.07) is 0. The van der Waals surface area contributed by atoms with Crippen LogP contribution in [0.2, 0.25) is 0 Å². The van der Waals surface area contributed by atoms with Crippen LogP contribution in [0.15, 0.2) is 28.2 Å². The maximum absolute atomic E-state index is 5.08. The molecule has 50 valence electrons. The molecule has 0 amide bonds. The Balaban J connectivity index is 2.67. The molecule has 0 fully saturated rings. The highest BCUT2D eigenvalue weighted by Crippen LogP contribution is 2.20. The average Bonchev–Trinajstić information content (AvgIpc) is 2.42. The molecule has 10 heavy (non-hydrogen) atoms. The van der Waals surface area contributed by atoms with Crippen molar-refractivity contribution in [2.45, 2.75) is 0 Å². The van der Waals surface area contributed by atoms with Crippen molar-refractivity contribution in [3.05, 3.63) is 18.6 Å². The van der Waals surface area contributed by atoms with Crippen LogP contribution < -0.4 is 0 Å². The highest BCUT2D eigenvalue weighted by molar-refractivity contribution is 5.55. The van der Waals surface area contributed by atoms with Gasteiger partial charge in [0.2, 0.25) is 0 Å². The first-order chi connectivity index (χ1) is 4.90. The topological polar surface area (TPSA) is 43.3 Å². The Morgan fingerprint density at radius 1 is 1.60 bits per heavy atom. The molecule has 2 rings (SSSR count). The number of nitrogens with zero attached hydrogens (tertiary/aromatic N) is 3. The summed E-state index contributed by atoms with van der Waals surface area (Å²) < 4.78 is 5.08. The van der Waals surface area contributed by atoms with Crippen molar-refractivity contribution in [2.75, 3.05) is 0 Å². The summed E-state index contributed by atoms with van der Waals surface area (Å²) in [4.78, 5) is 5.17. The van der Waals surface area contributed by atoms with Crippen LogP contribution >= 0.6 is 0 Å². The van der Waals surface area contributed by atoms with E-state index in [1.165, 1.54) is 4.85 Å². The van der Waals surface area contributed by atoms with Gasteiger partial charge >= 0.3 is 0 Å². The molecule has 0 bridgehead atoms. The van der Waals surface area contributed by atoms with Crippen molar-refractivity contribution in [2.24, 2.45) is 5.10 Å². The van der Waals surface area contributed by atoms with E-state index in [1.807, 2.05) is 0 Å². The van der Waals surface area contributed by atoms with Crippen molar-refractivity contribution in [3.63, 3.8) is 0 Å². The molecule has 0 saturated heterocycles. The van der Waals surface area contributed by atoms with Crippen LogP contribution in [0.5, 0.6) is 0 Å². The number of aromatic nitrogens is 2. The molecule has 0 aromatic carbocycles. The summed E-state index contributed by atoms with van der Waals surface area (Å²) in [6.45, 7) is 3.30. The zero-order valence-corrected chi connectivity index (χ0v) is 5.19. The lowest BCUT2D eigenvalue weighted by Gasteiger charge is -1.82. The molecule has 2 heterocycles. The fourth-order valence-electron chi connectivity index (χ4n) is 0.812. The van der Waals surface area contributed by atoms with Crippen molar-refractivity contribution in [1.82, 2.24) is 9.83 Å². The van der Waals surface area contributed by atoms with Gasteiger partial charge in [-0.05, 0) is 0 Å². The zero-order chi connectivity index (χ0) is 6.97. The monoisotopic (exact) mass is 135 g/mol. The van der Waals surface area contributed by atoms with Gasteiger partial charge in [0.25, 0.3) is 0 Å². The Morgan fingerprint density at radius 2 is 2.50 bits per heavy atom. The molecule has 2 aliphatic heterocycles. The Bertz CT molecular complexity index is 296. The van der Waals surface area contributed by atoms with Gasteiger partial charge in [-0.3, -0.25) is 4.98 Å². The van der Waals surface area contributed by atoms with Crippen LogP contribution in [0.3, 0.4) is 0 Å². The Labute approximate surface area is 57.1 Å². The molecule has 4 heteroatoms. The molecule has 0 spiro atoms. The van der Waals surface area contributed by atoms with Crippen LogP contribution in [0.25, 0.3) is 11.3 Å². The summed E-state index contributed by atoms with van der Waals surface area (Å²) >= 11 is 0. The second-order valence-corrected chi connectivity index (χ2v) is 1.89. The predicted octanol–water partition coefficient (Wildman–Crippen LogP) is 1.04. The van der Waals surface area contributed by atoms with E-state index >= 15 is 0 Å². The van der Waals surface area contributed by atoms with Crippen molar-refractivity contribution in [3.8, 4) is 11.3 Å². The van der Waals surface area contributed by atoms with Gasteiger partial charge in [0, 0.05) is 12.9 Å². The van der Waals surface area contributed by atoms with Crippen LogP contribution in [0.4, 0.5) is 0 Å². The Hall–Kier alpha value is -1.58. The van der Waals surface area contributed by atoms with Crippen molar-refractivity contribution < 1.29 is 4.52 Å². The molecule has 0 saturated carbocycles. The minimum Gasteiger partial charge on any atom is -0.356 e. The van der Waals surface area contributed by atoms with Crippen LogP contribution in [0.1, 0.15) is 0 Å². The lowest BCUT2D eigenvalue weighted by molar-refractivity contribution is 0.311. The molecule has 0 atom stereocenters. The van der Waals surface area contributed by atoms with E-state index in [9.17, 15) is 0 Å². The highest BCUT2D eigenvalue weighted by atomic mass is 16.5. The van der Waals surface area contributed by atoms with E-state index in [0.717, 1.165) is 11.3 Å². The normalized spacial score (nSPS) is 10.4. The van der Waals surface area contributed by atoms with Gasteiger partial charge < -0.3 is 4.52 Å². The molecule has 0 aromatic rings. The SMILES string of the molecule is C=Nn1cc2cncc-2o1. The molecular formula is C6H5N3O. The molecule has 0 aliphatic carbocycles. The van der Waals surface area contributed by atoms with Crippen LogP contribution in [0, 0.1) is 0 Å². The molecule has 2 aliphatic rings. The van der Waals surface area contributed by atoms with Crippen LogP contribution in [-0.4, -0.2) is 16.6 Å². The number of fused-ring (bicyclic) bond motifs is 1. The lowest BCUT2D eigenvalue weighted by atomic mass is 10.3. The molecule has 0 unspecified atom stereocenters. The van der Waals surface area contributed by atoms with E-state index < -0.39 is 0 Å². The second-order valence-electron chi connectivity index (χ2n) is 1.89. The quantitative estimate of drug-likeness (QED) is 0.548. The van der Waals surface area contributed by atoms with E-state index in [-0.39, 0.29) is 0 Å². The third-order valence-corrected chi connectivity index (χ3v) is 1.27. The summed E-state index contributed by atoms with van der Waals surface area (Å²) in [5.74, 6) is 0.729. The largest absolute Gasteiger partial charge is 0.356 e. The highest BCUT2D eigenvalue weighted by Gasteiger charge is 2.07. The maximum atomic E-state index is 5.08. The third-order valence-electron chi connectivity index (χ3n) is 1.27.